The fraction of sp³-hybridized carbons (Fsp3) is 0.643. The summed E-state index contributed by atoms with van der Waals surface area (Å²) in [4.78, 5) is 31.7. The van der Waals surface area contributed by atoms with Gasteiger partial charge in [-0.3, -0.25) is 0 Å². The highest BCUT2D eigenvalue weighted by Gasteiger charge is 2.36. The highest BCUT2D eigenvalue weighted by atomic mass is 16.5. The summed E-state index contributed by atoms with van der Waals surface area (Å²) in [6.07, 6.45) is 14.1. The second-order valence-corrected chi connectivity index (χ2v) is 11.7. The van der Waals surface area contributed by atoms with Gasteiger partial charge >= 0.3 is 12.1 Å². The molecule has 2 atom stereocenters. The number of urea groups is 1. The molecule has 1 aliphatic heterocycles. The number of rotatable bonds is 9. The quantitative estimate of drug-likeness (QED) is 0.465. The van der Waals surface area contributed by atoms with Crippen molar-refractivity contribution < 1.29 is 14.3 Å². The van der Waals surface area contributed by atoms with Gasteiger partial charge in [-0.25, -0.2) is 19.1 Å². The summed E-state index contributed by atoms with van der Waals surface area (Å²) in [6, 6.07) is 1.82. The van der Waals surface area contributed by atoms with Crippen LogP contribution in [0.3, 0.4) is 0 Å². The van der Waals surface area contributed by atoms with Crippen LogP contribution < -0.4 is 10.6 Å². The Hall–Kier alpha value is -3.10. The molecular formula is C28H40N6O3. The lowest BCUT2D eigenvalue weighted by Gasteiger charge is -2.39. The summed E-state index contributed by atoms with van der Waals surface area (Å²) < 4.78 is 7.35. The Morgan fingerprint density at radius 1 is 1.35 bits per heavy atom. The van der Waals surface area contributed by atoms with E-state index < -0.39 is 0 Å². The van der Waals surface area contributed by atoms with E-state index in [9.17, 15) is 9.59 Å². The largest absolute Gasteiger partial charge is 0.449 e. The highest BCUT2D eigenvalue weighted by molar-refractivity contribution is 5.76. The molecule has 1 saturated heterocycles. The van der Waals surface area contributed by atoms with Crippen molar-refractivity contribution >= 4 is 17.8 Å². The van der Waals surface area contributed by atoms with Gasteiger partial charge in [-0.1, -0.05) is 19.4 Å². The molecule has 9 nitrogen and oxygen atoms in total. The highest BCUT2D eigenvalue weighted by Crippen LogP contribution is 2.45. The Bertz CT molecular complexity index is 1130. The fourth-order valence-electron chi connectivity index (χ4n) is 5.97. The maximum absolute atomic E-state index is 12.8. The first-order valence-corrected chi connectivity index (χ1v) is 13.8. The van der Waals surface area contributed by atoms with Crippen LogP contribution in [0.5, 0.6) is 0 Å². The van der Waals surface area contributed by atoms with Crippen LogP contribution in [0.4, 0.5) is 9.59 Å². The van der Waals surface area contributed by atoms with Gasteiger partial charge in [0.15, 0.2) is 5.65 Å². The summed E-state index contributed by atoms with van der Waals surface area (Å²) in [5.74, 6) is 0.769. The number of carbonyl (C=O) groups is 2. The van der Waals surface area contributed by atoms with E-state index in [0.717, 1.165) is 56.2 Å². The minimum atomic E-state index is -0.365. The number of aromatic nitrogens is 3. The van der Waals surface area contributed by atoms with E-state index in [4.69, 9.17) is 9.72 Å². The van der Waals surface area contributed by atoms with Crippen molar-refractivity contribution in [3.8, 4) is 0 Å². The molecule has 9 heteroatoms. The summed E-state index contributed by atoms with van der Waals surface area (Å²) in [5, 5.41) is 10.7. The first kappa shape index (κ1) is 25.5. The van der Waals surface area contributed by atoms with Crippen LogP contribution in [0.1, 0.15) is 82.5 Å². The Morgan fingerprint density at radius 2 is 2.14 bits per heavy atom. The summed E-state index contributed by atoms with van der Waals surface area (Å²) >= 11 is 0. The number of nitrogens with zero attached hydrogens (tertiary/aromatic N) is 4. The Morgan fingerprint density at radius 3 is 2.78 bits per heavy atom. The number of imidazole rings is 1. The van der Waals surface area contributed by atoms with Crippen molar-refractivity contribution in [2.24, 2.45) is 17.3 Å². The van der Waals surface area contributed by atoms with E-state index in [1.165, 1.54) is 6.42 Å². The topological polar surface area (TPSA) is 101 Å². The lowest BCUT2D eigenvalue weighted by atomic mass is 9.68. The van der Waals surface area contributed by atoms with Gasteiger partial charge in [-0.05, 0) is 80.8 Å². The smallest absolute Gasteiger partial charge is 0.407 e. The SMILES string of the molecule is C=CCC1(C)CCC([C@H](NC(=O)OCC2CCC2)c2cn3ncc(CN4C[C@@H](C)NC4=O)cc3n2)CC1. The molecule has 2 N–H and O–H groups in total. The lowest BCUT2D eigenvalue weighted by Crippen LogP contribution is -2.38. The van der Waals surface area contributed by atoms with Crippen molar-refractivity contribution in [1.29, 1.82) is 0 Å². The number of nitrogens with one attached hydrogen (secondary N) is 2. The number of alkyl carbamates (subject to hydrolysis) is 1. The minimum Gasteiger partial charge on any atom is -0.449 e. The Kier molecular flexibility index (Phi) is 7.40. The molecule has 3 heterocycles. The molecule has 5 rings (SSSR count). The van der Waals surface area contributed by atoms with Crippen LogP contribution in [0.25, 0.3) is 5.65 Å². The van der Waals surface area contributed by atoms with Gasteiger partial charge in [-0.15, -0.1) is 6.58 Å². The van der Waals surface area contributed by atoms with Crippen molar-refractivity contribution in [2.75, 3.05) is 13.2 Å². The van der Waals surface area contributed by atoms with E-state index in [1.54, 1.807) is 15.6 Å². The molecule has 3 fully saturated rings. The minimum absolute atomic E-state index is 0.0539. The van der Waals surface area contributed by atoms with E-state index in [1.807, 2.05) is 25.3 Å². The molecule has 0 aromatic carbocycles. The molecule has 0 bridgehead atoms. The third-order valence-corrected chi connectivity index (χ3v) is 8.53. The summed E-state index contributed by atoms with van der Waals surface area (Å²) in [7, 11) is 0. The predicted molar refractivity (Wildman–Crippen MR) is 141 cm³/mol. The first-order valence-electron chi connectivity index (χ1n) is 13.8. The number of fused-ring (bicyclic) bond motifs is 1. The number of amides is 3. The first-order chi connectivity index (χ1) is 17.8. The molecule has 0 spiro atoms. The van der Waals surface area contributed by atoms with Crippen LogP contribution in [0.15, 0.2) is 31.1 Å². The van der Waals surface area contributed by atoms with Crippen molar-refractivity contribution in [2.45, 2.75) is 83.8 Å². The fourth-order valence-corrected chi connectivity index (χ4v) is 5.97. The van der Waals surface area contributed by atoms with Gasteiger partial charge in [0.1, 0.15) is 0 Å². The molecule has 200 valence electrons. The molecule has 2 aromatic rings. The van der Waals surface area contributed by atoms with E-state index in [2.05, 4.69) is 29.2 Å². The van der Waals surface area contributed by atoms with Gasteiger partial charge in [0.05, 0.1) is 30.7 Å². The van der Waals surface area contributed by atoms with Crippen molar-refractivity contribution in [3.63, 3.8) is 0 Å². The number of allylic oxidation sites excluding steroid dienone is 1. The molecule has 37 heavy (non-hydrogen) atoms. The van der Waals surface area contributed by atoms with Crippen LogP contribution >= 0.6 is 0 Å². The van der Waals surface area contributed by atoms with Crippen molar-refractivity contribution in [3.05, 3.63) is 42.4 Å². The van der Waals surface area contributed by atoms with E-state index in [-0.39, 0.29) is 35.5 Å². The average Bonchev–Trinajstić information content (AvgIpc) is 3.39. The van der Waals surface area contributed by atoms with E-state index >= 15 is 0 Å². The third kappa shape index (κ3) is 5.91. The summed E-state index contributed by atoms with van der Waals surface area (Å²) in [6.45, 7) is 9.91. The van der Waals surface area contributed by atoms with Gasteiger partial charge in [0, 0.05) is 19.1 Å². The number of hydrogen-bond acceptors (Lipinski definition) is 5. The maximum Gasteiger partial charge on any atom is 0.407 e. The summed E-state index contributed by atoms with van der Waals surface area (Å²) in [5.41, 5.74) is 2.70. The van der Waals surface area contributed by atoms with Crippen LogP contribution in [-0.4, -0.2) is 50.8 Å². The van der Waals surface area contributed by atoms with Crippen molar-refractivity contribution in [1.82, 2.24) is 30.1 Å². The normalized spacial score (nSPS) is 27.0. The van der Waals surface area contributed by atoms with Gasteiger partial charge < -0.3 is 20.3 Å². The van der Waals surface area contributed by atoms with Crippen LogP contribution in [0.2, 0.25) is 0 Å². The predicted octanol–water partition coefficient (Wildman–Crippen LogP) is 4.98. The second-order valence-electron chi connectivity index (χ2n) is 11.7. The lowest BCUT2D eigenvalue weighted by molar-refractivity contribution is 0.0918. The van der Waals surface area contributed by atoms with Crippen LogP contribution in [-0.2, 0) is 11.3 Å². The molecule has 2 saturated carbocycles. The second kappa shape index (κ2) is 10.7. The number of hydrogen-bond donors (Lipinski definition) is 2. The van der Waals surface area contributed by atoms with Gasteiger partial charge in [-0.2, -0.15) is 5.10 Å². The molecule has 0 radical (unpaired) electrons. The molecule has 0 unspecified atom stereocenters. The van der Waals surface area contributed by atoms with E-state index in [0.29, 0.717) is 31.3 Å². The standard InChI is InChI=1S/C28H40N6O3/c1-4-10-28(3)11-8-22(9-12-28)25(32-27(36)37-18-20-6-5-7-20)23-17-34-24(31-23)13-21(14-29-34)16-33-15-19(2)30-26(33)35/h4,13-14,17,19-20,22,25H,1,5-12,15-16,18H2,2-3H3,(H,30,35)(H,32,36)/t19-,22?,25+,28?/m1/s1. The zero-order valence-electron chi connectivity index (χ0n) is 22.1. The zero-order valence-corrected chi connectivity index (χ0v) is 22.1. The zero-order chi connectivity index (χ0) is 26.0. The number of ether oxygens (including phenoxy) is 1. The molecule has 2 aromatic heterocycles. The maximum atomic E-state index is 12.8. The molecular weight excluding hydrogens is 468 g/mol. The Labute approximate surface area is 219 Å². The monoisotopic (exact) mass is 508 g/mol. The third-order valence-electron chi connectivity index (χ3n) is 8.53. The van der Waals surface area contributed by atoms with Crippen LogP contribution in [0, 0.1) is 17.3 Å². The van der Waals surface area contributed by atoms with Gasteiger partial charge in [0.25, 0.3) is 0 Å². The Balaban J connectivity index is 1.33. The molecule has 3 amide bonds. The number of carbonyl (C=O) groups excluding carboxylic acids is 2. The van der Waals surface area contributed by atoms with Gasteiger partial charge in [0.2, 0.25) is 0 Å². The average molecular weight is 509 g/mol. The molecule has 2 aliphatic carbocycles. The molecule has 3 aliphatic rings.